The fourth-order valence-electron chi connectivity index (χ4n) is 1.48. The number of rotatable bonds is 7. The molecular weight excluding hydrogens is 260 g/mol. The summed E-state index contributed by atoms with van der Waals surface area (Å²) in [4.78, 5) is 33.6. The first-order valence-corrected chi connectivity index (χ1v) is 6.26. The molecule has 0 radical (unpaired) electrons. The molecular formula is C14H18N2O4. The van der Waals surface area contributed by atoms with Crippen LogP contribution in [0.15, 0.2) is 30.3 Å². The van der Waals surface area contributed by atoms with Crippen molar-refractivity contribution >= 4 is 17.8 Å². The van der Waals surface area contributed by atoms with Gasteiger partial charge in [0, 0.05) is 6.42 Å². The quantitative estimate of drug-likeness (QED) is 0.689. The first kappa shape index (κ1) is 15.7. The van der Waals surface area contributed by atoms with Crippen LogP contribution in [-0.4, -0.2) is 38.0 Å². The summed E-state index contributed by atoms with van der Waals surface area (Å²) in [6.07, 6.45) is 0.935. The summed E-state index contributed by atoms with van der Waals surface area (Å²) in [7, 11) is 1.24. The Kier molecular flexibility index (Phi) is 6.81. The van der Waals surface area contributed by atoms with Crippen molar-refractivity contribution in [3.8, 4) is 0 Å². The van der Waals surface area contributed by atoms with Gasteiger partial charge in [-0.15, -0.1) is 0 Å². The Morgan fingerprint density at radius 3 is 2.30 bits per heavy atom. The van der Waals surface area contributed by atoms with Crippen molar-refractivity contribution in [1.29, 1.82) is 0 Å². The Balaban J connectivity index is 2.16. The lowest BCUT2D eigenvalue weighted by molar-refractivity contribution is -0.141. The molecule has 0 aromatic heterocycles. The van der Waals surface area contributed by atoms with Crippen LogP contribution in [0.1, 0.15) is 12.0 Å². The number of nitrogens with one attached hydrogen (secondary N) is 2. The molecule has 1 aromatic rings. The summed E-state index contributed by atoms with van der Waals surface area (Å²) in [5, 5.41) is 4.83. The highest BCUT2D eigenvalue weighted by molar-refractivity contribution is 5.86. The second kappa shape index (κ2) is 8.68. The van der Waals surface area contributed by atoms with Crippen LogP contribution < -0.4 is 10.6 Å². The van der Waals surface area contributed by atoms with E-state index >= 15 is 0 Å². The largest absolute Gasteiger partial charge is 0.468 e. The highest BCUT2D eigenvalue weighted by Gasteiger charge is 2.07. The van der Waals surface area contributed by atoms with E-state index in [9.17, 15) is 14.4 Å². The van der Waals surface area contributed by atoms with Crippen LogP contribution >= 0.6 is 0 Å². The second-order valence-corrected chi connectivity index (χ2v) is 4.12. The highest BCUT2D eigenvalue weighted by Crippen LogP contribution is 2.01. The van der Waals surface area contributed by atoms with E-state index in [2.05, 4.69) is 15.4 Å². The summed E-state index contributed by atoms with van der Waals surface area (Å²) in [5.74, 6) is -1.17. The zero-order valence-electron chi connectivity index (χ0n) is 11.3. The van der Waals surface area contributed by atoms with Gasteiger partial charge in [-0.25, -0.2) is 0 Å². The molecule has 0 saturated heterocycles. The van der Waals surface area contributed by atoms with Gasteiger partial charge in [0.2, 0.25) is 11.8 Å². The number of ether oxygens (including phenoxy) is 1. The number of benzene rings is 1. The third-order valence-electron chi connectivity index (χ3n) is 2.59. The molecule has 20 heavy (non-hydrogen) atoms. The molecule has 0 atom stereocenters. The number of hydrogen-bond acceptors (Lipinski definition) is 4. The molecule has 0 heterocycles. The van der Waals surface area contributed by atoms with Crippen molar-refractivity contribution in [3.63, 3.8) is 0 Å². The summed E-state index contributed by atoms with van der Waals surface area (Å²) in [6, 6.07) is 9.61. The molecule has 108 valence electrons. The zero-order valence-corrected chi connectivity index (χ0v) is 11.3. The fraction of sp³-hybridized carbons (Fsp3) is 0.357. The molecule has 0 spiro atoms. The molecule has 1 rings (SSSR count). The number of methoxy groups -OCH3 is 1. The molecule has 0 fully saturated rings. The monoisotopic (exact) mass is 278 g/mol. The van der Waals surface area contributed by atoms with E-state index < -0.39 is 11.9 Å². The predicted molar refractivity (Wildman–Crippen MR) is 72.8 cm³/mol. The third kappa shape index (κ3) is 6.53. The number of carbonyl (C=O) groups is 3. The summed E-state index contributed by atoms with van der Waals surface area (Å²) >= 11 is 0. The number of esters is 1. The van der Waals surface area contributed by atoms with Crippen LogP contribution in [0.2, 0.25) is 0 Å². The Hall–Kier alpha value is -2.37. The van der Waals surface area contributed by atoms with Crippen molar-refractivity contribution in [1.82, 2.24) is 10.6 Å². The molecule has 0 unspecified atom stereocenters. The maximum atomic E-state index is 11.5. The lowest BCUT2D eigenvalue weighted by atomic mass is 10.1. The van der Waals surface area contributed by atoms with Gasteiger partial charge in [0.05, 0.1) is 13.7 Å². The Labute approximate surface area is 117 Å². The maximum Gasteiger partial charge on any atom is 0.325 e. The van der Waals surface area contributed by atoms with E-state index in [0.29, 0.717) is 12.8 Å². The maximum absolute atomic E-state index is 11.5. The van der Waals surface area contributed by atoms with E-state index in [-0.39, 0.29) is 19.0 Å². The SMILES string of the molecule is COC(=O)CNC(=O)CNC(=O)CCc1ccccc1. The van der Waals surface area contributed by atoms with Crippen LogP contribution in [0.3, 0.4) is 0 Å². The van der Waals surface area contributed by atoms with Crippen LogP contribution in [0, 0.1) is 0 Å². The van der Waals surface area contributed by atoms with E-state index in [1.807, 2.05) is 30.3 Å². The molecule has 2 amide bonds. The van der Waals surface area contributed by atoms with Crippen molar-refractivity contribution in [2.75, 3.05) is 20.2 Å². The van der Waals surface area contributed by atoms with Gasteiger partial charge in [0.1, 0.15) is 6.54 Å². The Morgan fingerprint density at radius 2 is 1.65 bits per heavy atom. The predicted octanol–water partition coefficient (Wildman–Crippen LogP) is 0.0246. The molecule has 2 N–H and O–H groups in total. The summed E-state index contributed by atoms with van der Waals surface area (Å²) in [5.41, 5.74) is 1.07. The van der Waals surface area contributed by atoms with Crippen molar-refractivity contribution < 1.29 is 19.1 Å². The minimum Gasteiger partial charge on any atom is -0.468 e. The molecule has 0 bridgehead atoms. The van der Waals surface area contributed by atoms with Gasteiger partial charge < -0.3 is 15.4 Å². The van der Waals surface area contributed by atoms with Crippen LogP contribution in [0.25, 0.3) is 0 Å². The number of aryl methyl sites for hydroxylation is 1. The average Bonchev–Trinajstić information content (AvgIpc) is 2.49. The van der Waals surface area contributed by atoms with Crippen molar-refractivity contribution in [2.24, 2.45) is 0 Å². The van der Waals surface area contributed by atoms with E-state index in [4.69, 9.17) is 0 Å². The summed E-state index contributed by atoms with van der Waals surface area (Å²) < 4.78 is 4.37. The smallest absolute Gasteiger partial charge is 0.325 e. The van der Waals surface area contributed by atoms with Gasteiger partial charge in [0.25, 0.3) is 0 Å². The van der Waals surface area contributed by atoms with Gasteiger partial charge in [-0.3, -0.25) is 14.4 Å². The highest BCUT2D eigenvalue weighted by atomic mass is 16.5. The van der Waals surface area contributed by atoms with Gasteiger partial charge in [-0.05, 0) is 12.0 Å². The minimum atomic E-state index is -0.534. The van der Waals surface area contributed by atoms with Gasteiger partial charge in [-0.2, -0.15) is 0 Å². The normalized spacial score (nSPS) is 9.65. The van der Waals surface area contributed by atoms with Gasteiger partial charge in [0.15, 0.2) is 0 Å². The molecule has 0 aliphatic rings. The second-order valence-electron chi connectivity index (χ2n) is 4.12. The Bertz CT molecular complexity index is 460. The Morgan fingerprint density at radius 1 is 1.00 bits per heavy atom. The topological polar surface area (TPSA) is 84.5 Å². The van der Waals surface area contributed by atoms with E-state index in [0.717, 1.165) is 5.56 Å². The molecule has 6 nitrogen and oxygen atoms in total. The lowest BCUT2D eigenvalue weighted by Gasteiger charge is -2.06. The number of amides is 2. The van der Waals surface area contributed by atoms with Crippen LogP contribution in [0.5, 0.6) is 0 Å². The molecule has 0 saturated carbocycles. The van der Waals surface area contributed by atoms with Gasteiger partial charge in [-0.1, -0.05) is 30.3 Å². The minimum absolute atomic E-state index is 0.148. The standard InChI is InChI=1S/C14H18N2O4/c1-20-14(19)10-16-13(18)9-15-12(17)8-7-11-5-3-2-4-6-11/h2-6H,7-10H2,1H3,(H,15,17)(H,16,18). The lowest BCUT2D eigenvalue weighted by Crippen LogP contribution is -2.39. The first-order chi connectivity index (χ1) is 9.61. The van der Waals surface area contributed by atoms with E-state index in [1.165, 1.54) is 7.11 Å². The molecule has 0 aliphatic heterocycles. The van der Waals surface area contributed by atoms with Gasteiger partial charge >= 0.3 is 5.97 Å². The summed E-state index contributed by atoms with van der Waals surface area (Å²) in [6.45, 7) is -0.347. The molecule has 0 aliphatic carbocycles. The molecule has 1 aromatic carbocycles. The van der Waals surface area contributed by atoms with Crippen molar-refractivity contribution in [2.45, 2.75) is 12.8 Å². The first-order valence-electron chi connectivity index (χ1n) is 6.26. The third-order valence-corrected chi connectivity index (χ3v) is 2.59. The zero-order chi connectivity index (χ0) is 14.8. The van der Waals surface area contributed by atoms with E-state index in [1.54, 1.807) is 0 Å². The molecule has 6 heteroatoms. The van der Waals surface area contributed by atoms with Crippen LogP contribution in [-0.2, 0) is 25.5 Å². The average molecular weight is 278 g/mol. The number of hydrogen-bond donors (Lipinski definition) is 2. The fourth-order valence-corrected chi connectivity index (χ4v) is 1.48. The van der Waals surface area contributed by atoms with Crippen molar-refractivity contribution in [3.05, 3.63) is 35.9 Å². The number of carbonyl (C=O) groups excluding carboxylic acids is 3. The van der Waals surface area contributed by atoms with Crippen LogP contribution in [0.4, 0.5) is 0 Å².